The second-order valence-corrected chi connectivity index (χ2v) is 9.28. The maximum atomic E-state index is 13.6. The Morgan fingerprint density at radius 1 is 1.28 bits per heavy atom. The SMILES string of the molecule is CN[C@H]1C[C@@H](C(=O)OC)[C@]2(C)CC[C@H]3C(=O)O[C@H](c4ccoc4)C[C@]3(C)[C@H]2C1=O. The second-order valence-electron chi connectivity index (χ2n) is 9.28. The Hall–Kier alpha value is -2.15. The van der Waals surface area contributed by atoms with Gasteiger partial charge in [-0.1, -0.05) is 13.8 Å². The van der Waals surface area contributed by atoms with Crippen LogP contribution in [0.1, 0.15) is 51.2 Å². The van der Waals surface area contributed by atoms with E-state index in [1.807, 2.05) is 13.8 Å². The number of cyclic esters (lactones) is 1. The molecule has 2 aliphatic carbocycles. The number of hydrogen-bond donors (Lipinski definition) is 1. The van der Waals surface area contributed by atoms with E-state index in [0.717, 1.165) is 5.56 Å². The van der Waals surface area contributed by atoms with Crippen LogP contribution < -0.4 is 5.32 Å². The number of ketones is 1. The normalized spacial score (nSPS) is 41.9. The molecule has 1 N–H and O–H groups in total. The fourth-order valence-corrected chi connectivity index (χ4v) is 6.45. The Morgan fingerprint density at radius 2 is 2.03 bits per heavy atom. The largest absolute Gasteiger partial charge is 0.472 e. The standard InChI is InChI=1S/C22H29NO6/c1-21-7-5-13-20(26)29-16(12-6-8-28-11-12)10-22(13,2)18(21)17(24)15(23-3)9-14(21)19(25)27-4/h6,8,11,13-16,18,23H,5,7,9-10H2,1-4H3/t13-,14-,15-,16-,18-,21-,22-/m0/s1. The molecule has 2 saturated carbocycles. The molecule has 3 fully saturated rings. The van der Waals surface area contributed by atoms with Gasteiger partial charge in [0.2, 0.25) is 0 Å². The maximum Gasteiger partial charge on any atom is 0.310 e. The predicted octanol–water partition coefficient (Wildman–Crippen LogP) is 2.66. The number of likely N-dealkylation sites (N-methyl/N-ethyl adjacent to an activating group) is 1. The molecule has 2 heterocycles. The zero-order chi connectivity index (χ0) is 21.0. The van der Waals surface area contributed by atoms with E-state index >= 15 is 0 Å². The van der Waals surface area contributed by atoms with E-state index in [1.54, 1.807) is 25.6 Å². The summed E-state index contributed by atoms with van der Waals surface area (Å²) in [5.41, 5.74) is -0.368. The molecule has 7 atom stereocenters. The van der Waals surface area contributed by atoms with Crippen molar-refractivity contribution in [2.45, 2.75) is 51.7 Å². The van der Waals surface area contributed by atoms with Crippen LogP contribution in [0.3, 0.4) is 0 Å². The third-order valence-corrected chi connectivity index (χ3v) is 7.90. The van der Waals surface area contributed by atoms with Crippen LogP contribution >= 0.6 is 0 Å². The average molecular weight is 403 g/mol. The summed E-state index contributed by atoms with van der Waals surface area (Å²) in [5.74, 6) is -1.65. The topological polar surface area (TPSA) is 94.8 Å². The molecular formula is C22H29NO6. The third kappa shape index (κ3) is 2.85. The van der Waals surface area contributed by atoms with E-state index in [4.69, 9.17) is 13.9 Å². The van der Waals surface area contributed by atoms with Crippen LogP contribution in [0, 0.1) is 28.6 Å². The lowest BCUT2D eigenvalue weighted by atomic mass is 9.43. The van der Waals surface area contributed by atoms with Crippen molar-refractivity contribution in [2.75, 3.05) is 14.2 Å². The van der Waals surface area contributed by atoms with E-state index < -0.39 is 34.8 Å². The number of hydrogen-bond acceptors (Lipinski definition) is 7. The molecule has 1 saturated heterocycles. The minimum absolute atomic E-state index is 0.0861. The van der Waals surface area contributed by atoms with Crippen molar-refractivity contribution in [3.63, 3.8) is 0 Å². The summed E-state index contributed by atoms with van der Waals surface area (Å²) in [7, 11) is 3.14. The van der Waals surface area contributed by atoms with Gasteiger partial charge in [0.15, 0.2) is 5.78 Å². The van der Waals surface area contributed by atoms with Gasteiger partial charge in [-0.25, -0.2) is 0 Å². The molecule has 4 rings (SSSR count). The van der Waals surface area contributed by atoms with Crippen molar-refractivity contribution in [3.8, 4) is 0 Å². The molecule has 29 heavy (non-hydrogen) atoms. The first-order valence-electron chi connectivity index (χ1n) is 10.3. The number of esters is 2. The molecule has 7 nitrogen and oxygen atoms in total. The van der Waals surface area contributed by atoms with Gasteiger partial charge in [-0.3, -0.25) is 14.4 Å². The average Bonchev–Trinajstić information content (AvgIpc) is 3.21. The Bertz CT molecular complexity index is 819. The summed E-state index contributed by atoms with van der Waals surface area (Å²) < 4.78 is 16.1. The quantitative estimate of drug-likeness (QED) is 0.775. The molecule has 7 heteroatoms. The number of rotatable bonds is 3. The summed E-state index contributed by atoms with van der Waals surface area (Å²) >= 11 is 0. The van der Waals surface area contributed by atoms with Crippen molar-refractivity contribution in [3.05, 3.63) is 24.2 Å². The summed E-state index contributed by atoms with van der Waals surface area (Å²) in [6, 6.07) is 1.36. The molecule has 1 aromatic heterocycles. The predicted molar refractivity (Wildman–Crippen MR) is 103 cm³/mol. The van der Waals surface area contributed by atoms with Crippen LogP contribution in [0.4, 0.5) is 0 Å². The van der Waals surface area contributed by atoms with Gasteiger partial charge in [0.25, 0.3) is 0 Å². The summed E-state index contributed by atoms with van der Waals surface area (Å²) in [5, 5.41) is 3.09. The van der Waals surface area contributed by atoms with Gasteiger partial charge < -0.3 is 19.2 Å². The molecule has 0 amide bonds. The van der Waals surface area contributed by atoms with Gasteiger partial charge in [0.05, 0.1) is 37.5 Å². The number of carbonyl (C=O) groups excluding carboxylic acids is 3. The summed E-state index contributed by atoms with van der Waals surface area (Å²) in [6.45, 7) is 4.05. The number of carbonyl (C=O) groups is 3. The maximum absolute atomic E-state index is 13.6. The molecule has 0 unspecified atom stereocenters. The highest BCUT2D eigenvalue weighted by Crippen LogP contribution is 2.64. The van der Waals surface area contributed by atoms with Gasteiger partial charge in [0.1, 0.15) is 6.10 Å². The molecule has 3 aliphatic rings. The van der Waals surface area contributed by atoms with Gasteiger partial charge >= 0.3 is 11.9 Å². The van der Waals surface area contributed by atoms with E-state index in [0.29, 0.717) is 25.7 Å². The number of ether oxygens (including phenoxy) is 2. The monoisotopic (exact) mass is 403 g/mol. The smallest absolute Gasteiger partial charge is 0.310 e. The Kier molecular flexibility index (Phi) is 4.84. The van der Waals surface area contributed by atoms with Crippen LogP contribution in [0.5, 0.6) is 0 Å². The molecule has 0 radical (unpaired) electrons. The lowest BCUT2D eigenvalue weighted by molar-refractivity contribution is -0.203. The van der Waals surface area contributed by atoms with Crippen LogP contribution in [0.25, 0.3) is 0 Å². The number of fused-ring (bicyclic) bond motifs is 3. The van der Waals surface area contributed by atoms with Crippen molar-refractivity contribution >= 4 is 17.7 Å². The fraction of sp³-hybridized carbons (Fsp3) is 0.682. The highest BCUT2D eigenvalue weighted by atomic mass is 16.5. The Morgan fingerprint density at radius 3 is 2.66 bits per heavy atom. The number of methoxy groups -OCH3 is 1. The van der Waals surface area contributed by atoms with Crippen LogP contribution in [-0.4, -0.2) is 37.9 Å². The van der Waals surface area contributed by atoms with Crippen molar-refractivity contribution in [1.82, 2.24) is 5.32 Å². The molecule has 0 spiro atoms. The van der Waals surface area contributed by atoms with Gasteiger partial charge in [-0.15, -0.1) is 0 Å². The van der Waals surface area contributed by atoms with Gasteiger partial charge in [0, 0.05) is 11.5 Å². The number of nitrogens with one attached hydrogen (secondary N) is 1. The minimum atomic E-state index is -0.608. The number of furan rings is 1. The second kappa shape index (κ2) is 6.97. The minimum Gasteiger partial charge on any atom is -0.472 e. The first kappa shape index (κ1) is 20.1. The molecule has 1 aliphatic heterocycles. The number of Topliss-reactive ketones (excluding diaryl/α,β-unsaturated/α-hetero) is 1. The third-order valence-electron chi connectivity index (χ3n) is 7.90. The zero-order valence-electron chi connectivity index (χ0n) is 17.4. The van der Waals surface area contributed by atoms with Crippen molar-refractivity contribution in [1.29, 1.82) is 0 Å². The first-order chi connectivity index (χ1) is 13.8. The fourth-order valence-electron chi connectivity index (χ4n) is 6.45. The van der Waals surface area contributed by atoms with Gasteiger partial charge in [-0.05, 0) is 49.6 Å². The Balaban J connectivity index is 1.79. The van der Waals surface area contributed by atoms with Crippen LogP contribution in [0.15, 0.2) is 23.0 Å². The summed E-state index contributed by atoms with van der Waals surface area (Å²) in [4.78, 5) is 39.3. The highest BCUT2D eigenvalue weighted by molar-refractivity contribution is 5.92. The van der Waals surface area contributed by atoms with E-state index in [9.17, 15) is 14.4 Å². The van der Waals surface area contributed by atoms with Crippen molar-refractivity contribution < 1.29 is 28.3 Å². The van der Waals surface area contributed by atoms with Crippen molar-refractivity contribution in [2.24, 2.45) is 28.6 Å². The Labute approximate surface area is 170 Å². The summed E-state index contributed by atoms with van der Waals surface area (Å²) in [6.07, 6.45) is 4.85. The van der Waals surface area contributed by atoms with E-state index in [1.165, 1.54) is 7.11 Å². The first-order valence-corrected chi connectivity index (χ1v) is 10.3. The highest BCUT2D eigenvalue weighted by Gasteiger charge is 2.67. The molecule has 0 bridgehead atoms. The molecule has 0 aromatic carbocycles. The lowest BCUT2D eigenvalue weighted by Crippen LogP contribution is -2.65. The van der Waals surface area contributed by atoms with Crippen LogP contribution in [-0.2, 0) is 23.9 Å². The molecular weight excluding hydrogens is 374 g/mol. The van der Waals surface area contributed by atoms with E-state index in [-0.39, 0.29) is 23.6 Å². The van der Waals surface area contributed by atoms with E-state index in [2.05, 4.69) is 5.32 Å². The lowest BCUT2D eigenvalue weighted by Gasteiger charge is -2.61. The van der Waals surface area contributed by atoms with Gasteiger partial charge in [-0.2, -0.15) is 0 Å². The van der Waals surface area contributed by atoms with Crippen LogP contribution in [0.2, 0.25) is 0 Å². The molecule has 158 valence electrons. The zero-order valence-corrected chi connectivity index (χ0v) is 17.4. The molecule has 1 aromatic rings.